The van der Waals surface area contributed by atoms with E-state index in [9.17, 15) is 9.59 Å². The second-order valence-electron chi connectivity index (χ2n) is 3.66. The molecule has 0 saturated carbocycles. The number of carboxylic acid groups (broad SMARTS) is 1. The predicted molar refractivity (Wildman–Crippen MR) is 64.5 cm³/mol. The van der Waals surface area contributed by atoms with E-state index in [1.165, 1.54) is 0 Å². The number of thiol groups is 1. The van der Waals surface area contributed by atoms with E-state index in [1.807, 2.05) is 30.3 Å². The zero-order valence-corrected chi connectivity index (χ0v) is 9.69. The Morgan fingerprint density at radius 1 is 1.25 bits per heavy atom. The normalized spacial score (nSPS) is 12.1. The molecule has 0 aliphatic carbocycles. The van der Waals surface area contributed by atoms with Gasteiger partial charge in [-0.15, -0.1) is 12.6 Å². The van der Waals surface area contributed by atoms with Gasteiger partial charge in [0.25, 0.3) is 0 Å². The van der Waals surface area contributed by atoms with Crippen molar-refractivity contribution in [1.82, 2.24) is 0 Å². The molecule has 16 heavy (non-hydrogen) atoms. The fourth-order valence-corrected chi connectivity index (χ4v) is 1.73. The SMILES string of the molecule is O=C(O)CC(CCc1ccccc1)C(=O)S. The molecule has 1 unspecified atom stereocenters. The Hall–Kier alpha value is -1.29. The van der Waals surface area contributed by atoms with E-state index in [0.717, 1.165) is 5.56 Å². The van der Waals surface area contributed by atoms with Crippen LogP contribution in [-0.4, -0.2) is 16.2 Å². The average molecular weight is 238 g/mol. The van der Waals surface area contributed by atoms with Gasteiger partial charge in [0.15, 0.2) is 5.12 Å². The Labute approximate surface area is 99.9 Å². The largest absolute Gasteiger partial charge is 0.481 e. The van der Waals surface area contributed by atoms with Crippen molar-refractivity contribution < 1.29 is 14.7 Å². The molecule has 0 bridgehead atoms. The van der Waals surface area contributed by atoms with E-state index < -0.39 is 11.9 Å². The number of rotatable bonds is 6. The first-order valence-electron chi connectivity index (χ1n) is 5.08. The third-order valence-corrected chi connectivity index (χ3v) is 2.76. The Balaban J connectivity index is 2.50. The summed E-state index contributed by atoms with van der Waals surface area (Å²) >= 11 is 3.71. The molecular formula is C12H14O3S. The van der Waals surface area contributed by atoms with E-state index in [4.69, 9.17) is 5.11 Å². The van der Waals surface area contributed by atoms with E-state index in [1.54, 1.807) is 0 Å². The van der Waals surface area contributed by atoms with Gasteiger partial charge in [-0.3, -0.25) is 9.59 Å². The molecule has 1 N–H and O–H groups in total. The van der Waals surface area contributed by atoms with Gasteiger partial charge in [0.1, 0.15) is 0 Å². The molecule has 4 heteroatoms. The van der Waals surface area contributed by atoms with Gasteiger partial charge in [0.05, 0.1) is 6.42 Å². The molecular weight excluding hydrogens is 224 g/mol. The van der Waals surface area contributed by atoms with Gasteiger partial charge in [-0.2, -0.15) is 0 Å². The van der Waals surface area contributed by atoms with Gasteiger partial charge < -0.3 is 5.11 Å². The van der Waals surface area contributed by atoms with E-state index in [0.29, 0.717) is 12.8 Å². The van der Waals surface area contributed by atoms with Crippen molar-refractivity contribution in [3.8, 4) is 0 Å². The highest BCUT2D eigenvalue weighted by Crippen LogP contribution is 2.16. The van der Waals surface area contributed by atoms with E-state index in [-0.39, 0.29) is 11.5 Å². The van der Waals surface area contributed by atoms with Crippen LogP contribution in [0.3, 0.4) is 0 Å². The number of carbonyl (C=O) groups excluding carboxylic acids is 1. The molecule has 0 saturated heterocycles. The van der Waals surface area contributed by atoms with Crippen molar-refractivity contribution in [3.05, 3.63) is 35.9 Å². The van der Waals surface area contributed by atoms with Crippen LogP contribution in [0.15, 0.2) is 30.3 Å². The molecule has 0 aromatic heterocycles. The second-order valence-corrected chi connectivity index (χ2v) is 4.10. The van der Waals surface area contributed by atoms with Crippen LogP contribution in [0.2, 0.25) is 0 Å². The third kappa shape index (κ3) is 4.49. The lowest BCUT2D eigenvalue weighted by atomic mass is 9.98. The van der Waals surface area contributed by atoms with Crippen LogP contribution in [0.4, 0.5) is 0 Å². The van der Waals surface area contributed by atoms with Gasteiger partial charge in [0, 0.05) is 5.92 Å². The minimum atomic E-state index is -0.958. The summed E-state index contributed by atoms with van der Waals surface area (Å²) in [6.07, 6.45) is 1.08. The Morgan fingerprint density at radius 2 is 1.88 bits per heavy atom. The number of benzene rings is 1. The topological polar surface area (TPSA) is 54.4 Å². The van der Waals surface area contributed by atoms with Gasteiger partial charge in [-0.1, -0.05) is 30.3 Å². The number of aliphatic carboxylic acids is 1. The van der Waals surface area contributed by atoms with Gasteiger partial charge >= 0.3 is 5.97 Å². The lowest BCUT2D eigenvalue weighted by molar-refractivity contribution is -0.139. The molecule has 0 aliphatic heterocycles. The third-order valence-electron chi connectivity index (χ3n) is 2.39. The quantitative estimate of drug-likeness (QED) is 0.747. The van der Waals surface area contributed by atoms with Gasteiger partial charge in [-0.25, -0.2) is 0 Å². The molecule has 1 aromatic carbocycles. The Kier molecular flexibility index (Phi) is 5.05. The highest BCUT2D eigenvalue weighted by molar-refractivity contribution is 7.96. The summed E-state index contributed by atoms with van der Waals surface area (Å²) in [5.74, 6) is -1.46. The van der Waals surface area contributed by atoms with Gasteiger partial charge in [-0.05, 0) is 18.4 Å². The fourth-order valence-electron chi connectivity index (χ4n) is 1.51. The molecule has 0 radical (unpaired) electrons. The van der Waals surface area contributed by atoms with Crippen molar-refractivity contribution in [3.63, 3.8) is 0 Å². The summed E-state index contributed by atoms with van der Waals surface area (Å²) in [5, 5.41) is 8.30. The maximum Gasteiger partial charge on any atom is 0.304 e. The lowest BCUT2D eigenvalue weighted by Gasteiger charge is -2.10. The minimum absolute atomic E-state index is 0.144. The molecule has 1 aromatic rings. The summed E-state index contributed by atoms with van der Waals surface area (Å²) in [7, 11) is 0. The van der Waals surface area contributed by atoms with Crippen molar-refractivity contribution in [1.29, 1.82) is 0 Å². The summed E-state index contributed by atoms with van der Waals surface area (Å²) in [4.78, 5) is 21.6. The predicted octanol–water partition coefficient (Wildman–Crippen LogP) is 2.17. The first kappa shape index (κ1) is 12.8. The number of aryl methyl sites for hydroxylation is 1. The van der Waals surface area contributed by atoms with Gasteiger partial charge in [0.2, 0.25) is 0 Å². The number of hydrogen-bond acceptors (Lipinski definition) is 2. The standard InChI is InChI=1S/C12H14O3S/c13-11(14)8-10(12(15)16)7-6-9-4-2-1-3-5-9/h1-5,10H,6-8H2,(H,13,14)(H,15,16). The van der Waals surface area contributed by atoms with E-state index in [2.05, 4.69) is 12.6 Å². The molecule has 0 aliphatic rings. The average Bonchev–Trinajstić information content (AvgIpc) is 2.25. The first-order chi connectivity index (χ1) is 7.59. The number of carbonyl (C=O) groups is 2. The van der Waals surface area contributed by atoms with Crippen LogP contribution in [0.25, 0.3) is 0 Å². The first-order valence-corrected chi connectivity index (χ1v) is 5.53. The maximum atomic E-state index is 11.1. The summed E-state index contributed by atoms with van der Waals surface area (Å²) in [6.45, 7) is 0. The molecule has 0 fully saturated rings. The van der Waals surface area contributed by atoms with Crippen LogP contribution < -0.4 is 0 Å². The zero-order chi connectivity index (χ0) is 12.0. The fraction of sp³-hybridized carbons (Fsp3) is 0.333. The van der Waals surface area contributed by atoms with Crippen LogP contribution >= 0.6 is 12.6 Å². The smallest absolute Gasteiger partial charge is 0.304 e. The van der Waals surface area contributed by atoms with Crippen molar-refractivity contribution >= 4 is 23.7 Å². The summed E-state index contributed by atoms with van der Waals surface area (Å²) in [5.41, 5.74) is 1.10. The van der Waals surface area contributed by atoms with Crippen LogP contribution in [0, 0.1) is 5.92 Å². The van der Waals surface area contributed by atoms with Crippen LogP contribution in [0.1, 0.15) is 18.4 Å². The molecule has 3 nitrogen and oxygen atoms in total. The monoisotopic (exact) mass is 238 g/mol. The summed E-state index contributed by atoms with van der Waals surface area (Å²) < 4.78 is 0. The van der Waals surface area contributed by atoms with Crippen molar-refractivity contribution in [2.24, 2.45) is 5.92 Å². The number of carboxylic acids is 1. The van der Waals surface area contributed by atoms with E-state index >= 15 is 0 Å². The molecule has 1 rings (SSSR count). The molecule has 0 amide bonds. The minimum Gasteiger partial charge on any atom is -0.481 e. The second kappa shape index (κ2) is 6.33. The van der Waals surface area contributed by atoms with Crippen molar-refractivity contribution in [2.75, 3.05) is 0 Å². The summed E-state index contributed by atoms with van der Waals surface area (Å²) in [6, 6.07) is 9.68. The maximum absolute atomic E-state index is 11.1. The molecule has 86 valence electrons. The number of hydrogen-bond donors (Lipinski definition) is 2. The highest BCUT2D eigenvalue weighted by Gasteiger charge is 2.18. The molecule has 0 heterocycles. The zero-order valence-electron chi connectivity index (χ0n) is 8.80. The highest BCUT2D eigenvalue weighted by atomic mass is 32.1. The Morgan fingerprint density at radius 3 is 2.38 bits per heavy atom. The van der Waals surface area contributed by atoms with Crippen LogP contribution in [-0.2, 0) is 16.0 Å². The Bertz CT molecular complexity index is 362. The lowest BCUT2D eigenvalue weighted by Crippen LogP contribution is -2.15. The van der Waals surface area contributed by atoms with Crippen LogP contribution in [0.5, 0.6) is 0 Å². The van der Waals surface area contributed by atoms with Crippen molar-refractivity contribution in [2.45, 2.75) is 19.3 Å². The molecule has 0 spiro atoms. The molecule has 1 atom stereocenters.